The largest absolute Gasteiger partial charge is 0.281 e. The molecule has 0 radical (unpaired) electrons. The molecule has 0 bridgehead atoms. The first-order valence-corrected chi connectivity index (χ1v) is 5.90. The Kier molecular flexibility index (Phi) is 2.77. The summed E-state index contributed by atoms with van der Waals surface area (Å²) in [5.74, 6) is -3.49. The maximum Gasteiger partial charge on any atom is 0.281 e. The third-order valence-corrected chi connectivity index (χ3v) is 4.27. The van der Waals surface area contributed by atoms with Crippen LogP contribution in [0.2, 0.25) is 0 Å². The molecule has 0 nitrogen and oxygen atoms in total. The van der Waals surface area contributed by atoms with Crippen molar-refractivity contribution in [3.05, 3.63) is 34.3 Å². The number of rotatable bonds is 1. The molecule has 1 aromatic carbocycles. The van der Waals surface area contributed by atoms with Crippen LogP contribution in [0, 0.1) is 0 Å². The Morgan fingerprint density at radius 1 is 1.20 bits per heavy atom. The minimum Gasteiger partial charge on any atom is -0.203 e. The van der Waals surface area contributed by atoms with Crippen molar-refractivity contribution in [1.29, 1.82) is 0 Å². The molecule has 0 aromatic heterocycles. The maximum atomic E-state index is 13.1. The van der Waals surface area contributed by atoms with E-state index in [2.05, 4.69) is 15.9 Å². The lowest BCUT2D eigenvalue weighted by Gasteiger charge is -2.47. The van der Waals surface area contributed by atoms with Gasteiger partial charge in [0.15, 0.2) is 4.33 Å². The van der Waals surface area contributed by atoms with Gasteiger partial charge < -0.3 is 0 Å². The van der Waals surface area contributed by atoms with Gasteiger partial charge in [0.25, 0.3) is 5.92 Å². The Labute approximate surface area is 105 Å². The average Bonchev–Trinajstić information content (AvgIpc) is 2.16. The first-order valence-electron chi connectivity index (χ1n) is 4.36. The van der Waals surface area contributed by atoms with Crippen LogP contribution in [0.4, 0.5) is 8.78 Å². The van der Waals surface area contributed by atoms with Crippen molar-refractivity contribution >= 4 is 39.1 Å². The van der Waals surface area contributed by atoms with Crippen molar-refractivity contribution in [2.24, 2.45) is 0 Å². The van der Waals surface area contributed by atoms with E-state index in [1.165, 1.54) is 0 Å². The second-order valence-corrected chi connectivity index (χ2v) is 5.94. The van der Waals surface area contributed by atoms with Gasteiger partial charge in [0, 0.05) is 16.8 Å². The maximum absolute atomic E-state index is 13.1. The molecule has 82 valence electrons. The minimum atomic E-state index is -2.99. The quantitative estimate of drug-likeness (QED) is 0.656. The van der Waals surface area contributed by atoms with Crippen LogP contribution in [0.5, 0.6) is 0 Å². The zero-order valence-corrected chi connectivity index (χ0v) is 10.6. The third kappa shape index (κ3) is 1.79. The summed E-state index contributed by atoms with van der Waals surface area (Å²) in [6, 6.07) is 7.08. The van der Waals surface area contributed by atoms with Crippen LogP contribution in [0.3, 0.4) is 0 Å². The number of benzene rings is 1. The molecule has 0 N–H and O–H groups in total. The molecule has 1 aliphatic carbocycles. The summed E-state index contributed by atoms with van der Waals surface area (Å²) in [6.45, 7) is 0. The number of hydrogen-bond acceptors (Lipinski definition) is 0. The molecule has 1 saturated carbocycles. The Hall–Kier alpha value is 0.140. The van der Waals surface area contributed by atoms with E-state index in [0.717, 1.165) is 10.0 Å². The van der Waals surface area contributed by atoms with Crippen LogP contribution < -0.4 is 0 Å². The first kappa shape index (κ1) is 11.6. The van der Waals surface area contributed by atoms with E-state index in [-0.39, 0.29) is 6.42 Å². The Morgan fingerprint density at radius 3 is 2.13 bits per heavy atom. The molecule has 2 rings (SSSR count). The number of halogens is 5. The van der Waals surface area contributed by atoms with Crippen molar-refractivity contribution < 1.29 is 8.78 Å². The zero-order valence-electron chi connectivity index (χ0n) is 7.48. The normalized spacial score (nSPS) is 27.1. The standard InChI is InChI=1S/C10H7BrCl2F2/c11-7-3-1-6(2-4-7)8-5-9(14,15)10(8,12)13/h1-4,8H,5H2/t8-/m0/s1. The van der Waals surface area contributed by atoms with E-state index in [4.69, 9.17) is 23.2 Å². The third-order valence-electron chi connectivity index (χ3n) is 2.66. The van der Waals surface area contributed by atoms with Crippen LogP contribution >= 0.6 is 39.1 Å². The van der Waals surface area contributed by atoms with Gasteiger partial charge in [0.1, 0.15) is 0 Å². The monoisotopic (exact) mass is 314 g/mol. The van der Waals surface area contributed by atoms with E-state index >= 15 is 0 Å². The summed E-state index contributed by atoms with van der Waals surface area (Å²) in [5, 5.41) is 0. The van der Waals surface area contributed by atoms with E-state index in [1.807, 2.05) is 0 Å². The molecule has 15 heavy (non-hydrogen) atoms. The Balaban J connectivity index is 2.25. The lowest BCUT2D eigenvalue weighted by molar-refractivity contribution is -0.0980. The summed E-state index contributed by atoms with van der Waals surface area (Å²) in [6.07, 6.45) is -0.290. The van der Waals surface area contributed by atoms with Crippen LogP contribution in [0.1, 0.15) is 17.9 Å². The molecule has 5 heteroatoms. The van der Waals surface area contributed by atoms with Crippen molar-refractivity contribution in [3.8, 4) is 0 Å². The molecule has 0 aliphatic heterocycles. The summed E-state index contributed by atoms with van der Waals surface area (Å²) in [7, 11) is 0. The van der Waals surface area contributed by atoms with Gasteiger partial charge in [0.05, 0.1) is 0 Å². The van der Waals surface area contributed by atoms with Gasteiger partial charge in [-0.25, -0.2) is 8.78 Å². The molecule has 0 spiro atoms. The van der Waals surface area contributed by atoms with Crippen molar-refractivity contribution in [3.63, 3.8) is 0 Å². The summed E-state index contributed by atoms with van der Waals surface area (Å²) < 4.78 is 25.0. The van der Waals surface area contributed by atoms with E-state index in [1.54, 1.807) is 24.3 Å². The molecule has 0 unspecified atom stereocenters. The topological polar surface area (TPSA) is 0 Å². The van der Waals surface area contributed by atoms with Gasteiger partial charge >= 0.3 is 0 Å². The van der Waals surface area contributed by atoms with E-state index in [0.29, 0.717) is 0 Å². The highest BCUT2D eigenvalue weighted by atomic mass is 79.9. The summed E-state index contributed by atoms with van der Waals surface area (Å²) in [5.41, 5.74) is 0.745. The second kappa shape index (κ2) is 3.57. The second-order valence-electron chi connectivity index (χ2n) is 3.64. The van der Waals surface area contributed by atoms with E-state index < -0.39 is 16.2 Å². The summed E-state index contributed by atoms with van der Waals surface area (Å²) in [4.78, 5) is 0. The lowest BCUT2D eigenvalue weighted by atomic mass is 9.75. The van der Waals surface area contributed by atoms with Gasteiger partial charge in [-0.1, -0.05) is 51.3 Å². The van der Waals surface area contributed by atoms with Crippen molar-refractivity contribution in [2.75, 3.05) is 0 Å². The van der Waals surface area contributed by atoms with Gasteiger partial charge in [-0.3, -0.25) is 0 Å². The van der Waals surface area contributed by atoms with Gasteiger partial charge in [-0.05, 0) is 17.7 Å². The van der Waals surface area contributed by atoms with Gasteiger partial charge in [-0.2, -0.15) is 0 Å². The molecular formula is C10H7BrCl2F2. The van der Waals surface area contributed by atoms with Crippen LogP contribution in [0.25, 0.3) is 0 Å². The highest BCUT2D eigenvalue weighted by Crippen LogP contribution is 2.62. The Morgan fingerprint density at radius 2 is 1.73 bits per heavy atom. The molecule has 1 fully saturated rings. The molecule has 1 aliphatic rings. The fourth-order valence-corrected chi connectivity index (χ4v) is 2.49. The van der Waals surface area contributed by atoms with Crippen molar-refractivity contribution in [2.45, 2.75) is 22.6 Å². The Bertz CT molecular complexity index is 376. The molecule has 0 saturated heterocycles. The fourth-order valence-electron chi connectivity index (χ4n) is 1.67. The van der Waals surface area contributed by atoms with E-state index in [9.17, 15) is 8.78 Å². The van der Waals surface area contributed by atoms with Gasteiger partial charge in [0.2, 0.25) is 0 Å². The molecule has 0 amide bonds. The fraction of sp³-hybridized carbons (Fsp3) is 0.400. The highest BCUT2D eigenvalue weighted by Gasteiger charge is 2.67. The van der Waals surface area contributed by atoms with Crippen LogP contribution in [-0.4, -0.2) is 10.3 Å². The molecule has 1 atom stereocenters. The minimum absolute atomic E-state index is 0.290. The highest BCUT2D eigenvalue weighted by molar-refractivity contribution is 9.10. The van der Waals surface area contributed by atoms with Gasteiger partial charge in [-0.15, -0.1) is 0 Å². The number of hydrogen-bond donors (Lipinski definition) is 0. The predicted molar refractivity (Wildman–Crippen MR) is 60.9 cm³/mol. The first-order chi connectivity index (χ1) is 6.84. The SMILES string of the molecule is FC1(F)C[C@@H](c2ccc(Br)cc2)C1(Cl)Cl. The smallest absolute Gasteiger partial charge is 0.203 e. The lowest BCUT2D eigenvalue weighted by Crippen LogP contribution is -2.55. The predicted octanol–water partition coefficient (Wildman–Crippen LogP) is 4.75. The van der Waals surface area contributed by atoms with Crippen molar-refractivity contribution in [1.82, 2.24) is 0 Å². The number of alkyl halides is 4. The van der Waals surface area contributed by atoms with Crippen LogP contribution in [0.15, 0.2) is 28.7 Å². The van der Waals surface area contributed by atoms with Crippen LogP contribution in [-0.2, 0) is 0 Å². The molecular weight excluding hydrogens is 309 g/mol. The molecule has 0 heterocycles. The molecule has 1 aromatic rings. The average molecular weight is 316 g/mol. The summed E-state index contributed by atoms with van der Waals surface area (Å²) >= 11 is 14.6. The zero-order chi connectivity index (χ0) is 11.3.